The van der Waals surface area contributed by atoms with Crippen molar-refractivity contribution in [1.29, 1.82) is 0 Å². The van der Waals surface area contributed by atoms with E-state index in [1.165, 1.54) is 12.1 Å². The van der Waals surface area contributed by atoms with Crippen LogP contribution in [0.2, 0.25) is 0 Å². The third kappa shape index (κ3) is 4.26. The zero-order valence-electron chi connectivity index (χ0n) is 12.0. The van der Waals surface area contributed by atoms with Gasteiger partial charge in [-0.15, -0.1) is 4.83 Å². The highest BCUT2D eigenvalue weighted by atomic mass is 32.2. The van der Waals surface area contributed by atoms with Crippen molar-refractivity contribution in [3.8, 4) is 0 Å². The van der Waals surface area contributed by atoms with Crippen LogP contribution in [0, 0.1) is 0 Å². The Morgan fingerprint density at radius 1 is 1.33 bits per heavy atom. The van der Waals surface area contributed by atoms with E-state index in [1.807, 2.05) is 0 Å². The van der Waals surface area contributed by atoms with Gasteiger partial charge in [0.05, 0.1) is 4.90 Å². The van der Waals surface area contributed by atoms with Crippen LogP contribution in [-0.4, -0.2) is 27.0 Å². The topological polar surface area (TPSA) is 84.5 Å². The molecule has 1 unspecified atom stereocenters. The number of nitrogens with one attached hydrogen (secondary N) is 2. The molecule has 1 aromatic rings. The molecule has 21 heavy (non-hydrogen) atoms. The molecule has 0 aromatic heterocycles. The van der Waals surface area contributed by atoms with Gasteiger partial charge in [0.1, 0.15) is 6.10 Å². The number of benzene rings is 1. The third-order valence-electron chi connectivity index (χ3n) is 3.30. The number of hydrazine groups is 1. The van der Waals surface area contributed by atoms with Gasteiger partial charge >= 0.3 is 0 Å². The quantitative estimate of drug-likeness (QED) is 0.771. The molecule has 1 saturated heterocycles. The number of rotatable bonds is 6. The third-order valence-corrected chi connectivity index (χ3v) is 4.57. The summed E-state index contributed by atoms with van der Waals surface area (Å²) < 4.78 is 29.3. The second kappa shape index (κ2) is 7.02. The molecule has 1 amide bonds. The van der Waals surface area contributed by atoms with E-state index in [-0.39, 0.29) is 4.90 Å². The molecule has 0 bridgehead atoms. The second-order valence-electron chi connectivity index (χ2n) is 4.99. The fraction of sp³-hybridized carbons (Fsp3) is 0.500. The summed E-state index contributed by atoms with van der Waals surface area (Å²) in [7, 11) is -3.75. The average molecular weight is 312 g/mol. The molecule has 0 spiro atoms. The largest absolute Gasteiger partial charge is 0.368 e. The van der Waals surface area contributed by atoms with Crippen molar-refractivity contribution in [2.45, 2.75) is 43.6 Å². The lowest BCUT2D eigenvalue weighted by molar-refractivity contribution is -0.130. The van der Waals surface area contributed by atoms with Crippen LogP contribution >= 0.6 is 0 Å². The number of carbonyl (C=O) groups excluding carboxylic acids is 1. The molecule has 1 aliphatic rings. The van der Waals surface area contributed by atoms with Crippen LogP contribution in [-0.2, 0) is 26.0 Å². The molecular weight excluding hydrogens is 292 g/mol. The molecule has 0 radical (unpaired) electrons. The van der Waals surface area contributed by atoms with Crippen molar-refractivity contribution < 1.29 is 17.9 Å². The Labute approximate surface area is 124 Å². The summed E-state index contributed by atoms with van der Waals surface area (Å²) in [6.45, 7) is 2.59. The average Bonchev–Trinajstić information content (AvgIpc) is 3.00. The first-order chi connectivity index (χ1) is 10.0. The van der Waals surface area contributed by atoms with E-state index in [4.69, 9.17) is 4.74 Å². The van der Waals surface area contributed by atoms with Gasteiger partial charge < -0.3 is 4.74 Å². The molecular formula is C14H20N2O4S. The van der Waals surface area contributed by atoms with Gasteiger partial charge in [0.2, 0.25) is 0 Å². The molecule has 2 rings (SSSR count). The van der Waals surface area contributed by atoms with Gasteiger partial charge in [0.15, 0.2) is 0 Å². The lowest BCUT2D eigenvalue weighted by Crippen LogP contribution is -2.46. The molecule has 6 nitrogen and oxygen atoms in total. The normalized spacial score (nSPS) is 18.6. The summed E-state index contributed by atoms with van der Waals surface area (Å²) in [6.07, 6.45) is 2.76. The number of aryl methyl sites for hydroxylation is 1. The van der Waals surface area contributed by atoms with Crippen LogP contribution in [0.3, 0.4) is 0 Å². The van der Waals surface area contributed by atoms with Crippen LogP contribution < -0.4 is 10.3 Å². The van der Waals surface area contributed by atoms with Gasteiger partial charge in [-0.25, -0.2) is 8.42 Å². The summed E-state index contributed by atoms with van der Waals surface area (Å²) in [4.78, 5) is 13.9. The van der Waals surface area contributed by atoms with E-state index in [0.717, 1.165) is 24.8 Å². The van der Waals surface area contributed by atoms with Crippen molar-refractivity contribution in [2.75, 3.05) is 6.61 Å². The molecule has 0 saturated carbocycles. The summed E-state index contributed by atoms with van der Waals surface area (Å²) >= 11 is 0. The van der Waals surface area contributed by atoms with E-state index < -0.39 is 22.0 Å². The van der Waals surface area contributed by atoms with Gasteiger partial charge in [0.25, 0.3) is 15.9 Å². The summed E-state index contributed by atoms with van der Waals surface area (Å²) in [5, 5.41) is 0. The Hall–Kier alpha value is -1.44. The van der Waals surface area contributed by atoms with Crippen LogP contribution in [0.1, 0.15) is 31.7 Å². The second-order valence-corrected chi connectivity index (χ2v) is 6.67. The maximum absolute atomic E-state index is 12.1. The summed E-state index contributed by atoms with van der Waals surface area (Å²) in [5.41, 5.74) is 3.28. The number of carbonyl (C=O) groups is 1. The highest BCUT2D eigenvalue weighted by molar-refractivity contribution is 7.89. The monoisotopic (exact) mass is 312 g/mol. The minimum Gasteiger partial charge on any atom is -0.368 e. The minimum absolute atomic E-state index is 0.120. The van der Waals surface area contributed by atoms with Crippen molar-refractivity contribution >= 4 is 15.9 Å². The standard InChI is InChI=1S/C14H20N2O4S/c1-2-4-11-6-8-12(9-7-11)21(18,19)16-15-14(17)13-5-3-10-20-13/h6-9,13,16H,2-5,10H2,1H3,(H,15,17). The van der Waals surface area contributed by atoms with E-state index in [0.29, 0.717) is 13.0 Å². The first kappa shape index (κ1) is 15.9. The summed E-state index contributed by atoms with van der Waals surface area (Å²) in [5.74, 6) is -0.460. The Balaban J connectivity index is 1.95. The van der Waals surface area contributed by atoms with Crippen LogP contribution in [0.15, 0.2) is 29.2 Å². The van der Waals surface area contributed by atoms with E-state index in [2.05, 4.69) is 17.2 Å². The van der Waals surface area contributed by atoms with Gasteiger partial charge in [-0.1, -0.05) is 25.5 Å². The first-order valence-electron chi connectivity index (χ1n) is 7.05. The number of hydrogen-bond acceptors (Lipinski definition) is 4. The molecule has 2 N–H and O–H groups in total. The molecule has 1 heterocycles. The highest BCUT2D eigenvalue weighted by Gasteiger charge is 2.25. The van der Waals surface area contributed by atoms with E-state index in [1.54, 1.807) is 12.1 Å². The smallest absolute Gasteiger partial charge is 0.264 e. The Bertz CT molecular complexity index is 577. The SMILES string of the molecule is CCCc1ccc(S(=O)(=O)NNC(=O)C2CCCO2)cc1. The van der Waals surface area contributed by atoms with Crippen molar-refractivity contribution in [3.63, 3.8) is 0 Å². The molecule has 7 heteroatoms. The minimum atomic E-state index is -3.75. The maximum Gasteiger partial charge on any atom is 0.264 e. The molecule has 116 valence electrons. The maximum atomic E-state index is 12.1. The zero-order valence-corrected chi connectivity index (χ0v) is 12.8. The fourth-order valence-electron chi connectivity index (χ4n) is 2.17. The number of amides is 1. The van der Waals surface area contributed by atoms with Crippen LogP contribution in [0.25, 0.3) is 0 Å². The van der Waals surface area contributed by atoms with E-state index >= 15 is 0 Å². The molecule has 1 fully saturated rings. The van der Waals surface area contributed by atoms with Crippen LogP contribution in [0.4, 0.5) is 0 Å². The van der Waals surface area contributed by atoms with Crippen LogP contribution in [0.5, 0.6) is 0 Å². The molecule has 1 aliphatic heterocycles. The van der Waals surface area contributed by atoms with E-state index in [9.17, 15) is 13.2 Å². The van der Waals surface area contributed by atoms with Gasteiger partial charge in [-0.3, -0.25) is 10.2 Å². The predicted octanol–water partition coefficient (Wildman–Crippen LogP) is 1.13. The number of sulfonamides is 1. The lowest BCUT2D eigenvalue weighted by Gasteiger charge is -2.12. The Morgan fingerprint density at radius 2 is 2.05 bits per heavy atom. The predicted molar refractivity (Wildman–Crippen MR) is 77.9 cm³/mol. The number of ether oxygens (including phenoxy) is 1. The van der Waals surface area contributed by atoms with Gasteiger partial charge in [-0.2, -0.15) is 0 Å². The van der Waals surface area contributed by atoms with Crippen molar-refractivity contribution in [2.24, 2.45) is 0 Å². The van der Waals surface area contributed by atoms with Gasteiger partial charge in [-0.05, 0) is 37.0 Å². The first-order valence-corrected chi connectivity index (χ1v) is 8.53. The molecule has 1 atom stereocenters. The molecule has 0 aliphatic carbocycles. The van der Waals surface area contributed by atoms with Crippen molar-refractivity contribution in [3.05, 3.63) is 29.8 Å². The van der Waals surface area contributed by atoms with Crippen molar-refractivity contribution in [1.82, 2.24) is 10.3 Å². The Morgan fingerprint density at radius 3 is 2.62 bits per heavy atom. The molecule has 1 aromatic carbocycles. The zero-order chi connectivity index (χ0) is 15.3. The summed E-state index contributed by atoms with van der Waals surface area (Å²) in [6, 6.07) is 6.62. The highest BCUT2D eigenvalue weighted by Crippen LogP contribution is 2.13. The van der Waals surface area contributed by atoms with Gasteiger partial charge in [0, 0.05) is 6.61 Å². The lowest BCUT2D eigenvalue weighted by atomic mass is 10.1. The fourth-order valence-corrected chi connectivity index (χ4v) is 3.01. The number of hydrogen-bond donors (Lipinski definition) is 2. The Kier molecular flexibility index (Phi) is 5.33.